The lowest BCUT2D eigenvalue weighted by molar-refractivity contribution is -0.547. The summed E-state index contributed by atoms with van der Waals surface area (Å²) in [5, 5.41) is 11.9. The maximum atomic E-state index is 12.2. The first-order valence-corrected chi connectivity index (χ1v) is 11.1. The number of azo groups is 1. The van der Waals surface area contributed by atoms with Gasteiger partial charge in [-0.15, -0.1) is 46.7 Å². The molecule has 0 spiro atoms. The number of nitrogens with two attached hydrogens (primary N) is 2. The number of rotatable bonds is 10. The number of anilines is 2. The number of nitrogens with one attached hydrogen (secondary N) is 1. The van der Waals surface area contributed by atoms with Crippen LogP contribution in [0.1, 0.15) is 25.8 Å². The van der Waals surface area contributed by atoms with Gasteiger partial charge in [-0.1, -0.05) is 0 Å². The quantitative estimate of drug-likeness (QED) is 0.0898. The summed E-state index contributed by atoms with van der Waals surface area (Å²) in [6, 6.07) is 3.70. The summed E-state index contributed by atoms with van der Waals surface area (Å²) in [6.45, 7) is 6.28. The van der Waals surface area contributed by atoms with Crippen molar-refractivity contribution in [2.75, 3.05) is 22.7 Å². The Kier molecular flexibility index (Phi) is 8.53. The molecule has 1 aromatic carbocycles. The molecule has 5 N–H and O–H groups in total. The zero-order valence-electron chi connectivity index (χ0n) is 18.4. The first-order valence-electron chi connectivity index (χ1n) is 10.3. The number of aryl methyl sites for hydroxylation is 1. The second-order valence-corrected chi connectivity index (χ2v) is 7.51. The van der Waals surface area contributed by atoms with Crippen molar-refractivity contribution in [1.82, 2.24) is 9.55 Å². The van der Waals surface area contributed by atoms with Crippen LogP contribution in [0.5, 0.6) is 0 Å². The summed E-state index contributed by atoms with van der Waals surface area (Å²) in [5.74, 6) is 1.78. The van der Waals surface area contributed by atoms with Gasteiger partial charge in [-0.2, -0.15) is 4.98 Å². The molecular formula is C19H27F3N8O2S. The molecule has 0 amide bonds. The topological polar surface area (TPSA) is 109 Å². The molecule has 0 bridgehead atoms. The number of nitrogens with zero attached hydrogens (tertiary/aromatic N) is 5. The summed E-state index contributed by atoms with van der Waals surface area (Å²) in [7, 11) is 7.58. The van der Waals surface area contributed by atoms with Crippen LogP contribution >= 0.6 is 12.2 Å². The van der Waals surface area contributed by atoms with Crippen molar-refractivity contribution in [3.63, 3.8) is 0 Å². The van der Waals surface area contributed by atoms with E-state index in [2.05, 4.69) is 48.2 Å². The van der Waals surface area contributed by atoms with E-state index in [1.165, 1.54) is 0 Å². The second kappa shape index (κ2) is 11.2. The van der Waals surface area contributed by atoms with Crippen LogP contribution in [0.4, 0.5) is 47.8 Å². The molecule has 1 aromatic heterocycles. The Morgan fingerprint density at radius 3 is 2.64 bits per heavy atom. The van der Waals surface area contributed by atoms with Crippen molar-refractivity contribution < 1.29 is 33.0 Å². The van der Waals surface area contributed by atoms with E-state index >= 15 is 0 Å². The Morgan fingerprint density at radius 2 is 2.00 bits per heavy atom. The van der Waals surface area contributed by atoms with Crippen LogP contribution < -0.4 is 20.3 Å². The minimum Gasteiger partial charge on any atom is -0.424 e. The molecule has 182 valence electrons. The first kappa shape index (κ1) is 25.2. The number of alkyl halides is 3. The molecule has 3 rings (SSSR count). The van der Waals surface area contributed by atoms with E-state index in [0.717, 1.165) is 43.0 Å². The Hall–Kier alpha value is -2.39. The van der Waals surface area contributed by atoms with E-state index in [1.807, 2.05) is 30.5 Å². The van der Waals surface area contributed by atoms with Crippen LogP contribution in [0, 0.1) is 14.1 Å². The van der Waals surface area contributed by atoms with Crippen molar-refractivity contribution in [2.24, 2.45) is 10.2 Å². The summed E-state index contributed by atoms with van der Waals surface area (Å²) < 4.78 is 45.3. The fourth-order valence-corrected chi connectivity index (χ4v) is 4.03. The Balaban J connectivity index is 1.93. The molecule has 14 heteroatoms. The van der Waals surface area contributed by atoms with Crippen molar-refractivity contribution in [1.29, 1.82) is 0 Å². The first-order chi connectivity index (χ1) is 15.8. The predicted octanol–water partition coefficient (Wildman–Crippen LogP) is 3.51. The predicted molar refractivity (Wildman–Crippen MR) is 118 cm³/mol. The lowest BCUT2D eigenvalue weighted by Gasteiger charge is -2.31. The molecule has 0 atom stereocenters. The van der Waals surface area contributed by atoms with Crippen LogP contribution in [0.3, 0.4) is 0 Å². The molecule has 0 fully saturated rings. The van der Waals surface area contributed by atoms with Gasteiger partial charge in [0, 0.05) is 25.3 Å². The highest BCUT2D eigenvalue weighted by Crippen LogP contribution is 2.39. The van der Waals surface area contributed by atoms with Gasteiger partial charge in [0.15, 0.2) is 0 Å². The van der Waals surface area contributed by atoms with Gasteiger partial charge in [-0.3, -0.25) is 4.57 Å². The number of hydrogen-bond acceptors (Lipinski definition) is 8. The summed E-state index contributed by atoms with van der Waals surface area (Å²) >= 11 is 0.290. The third kappa shape index (κ3) is 6.14. The highest BCUT2D eigenvalue weighted by atomic mass is 32.2. The van der Waals surface area contributed by atoms with Gasteiger partial charge in [0.25, 0.3) is 17.6 Å². The van der Waals surface area contributed by atoms with Crippen molar-refractivity contribution >= 4 is 46.9 Å². The Labute approximate surface area is 194 Å². The number of hydrogen-bond donors (Lipinski definition) is 3. The van der Waals surface area contributed by atoms with E-state index in [1.54, 1.807) is 10.6 Å². The van der Waals surface area contributed by atoms with Gasteiger partial charge in [-0.25, -0.2) is 0 Å². The van der Waals surface area contributed by atoms with Crippen molar-refractivity contribution in [3.8, 4) is 0 Å². The Bertz CT molecular complexity index is 983. The minimum absolute atomic E-state index is 0.290. The molecule has 1 aliphatic heterocycles. The number of quaternary nitrogens is 2. The molecule has 2 heterocycles. The molecular weight excluding hydrogens is 461 g/mol. The summed E-state index contributed by atoms with van der Waals surface area (Å²) in [4.78, 5) is 9.98. The molecule has 1 aliphatic rings. The van der Waals surface area contributed by atoms with Crippen LogP contribution in [-0.2, 0) is 22.2 Å². The average Bonchev–Trinajstić information content (AvgIpc) is 3.15. The van der Waals surface area contributed by atoms with Gasteiger partial charge in [0.05, 0.1) is 5.69 Å². The molecule has 33 heavy (non-hydrogen) atoms. The molecule has 0 aliphatic carbocycles. The highest BCUT2D eigenvalue weighted by Gasteiger charge is 2.31. The molecule has 0 saturated heterocycles. The normalized spacial score (nSPS) is 14.2. The van der Waals surface area contributed by atoms with E-state index < -0.39 is 6.36 Å². The zero-order chi connectivity index (χ0) is 24.0. The maximum absolute atomic E-state index is 12.2. The van der Waals surface area contributed by atoms with Crippen LogP contribution in [0.2, 0.25) is 0 Å². The fraction of sp³-hybridized carbons (Fsp3) is 0.421. The van der Waals surface area contributed by atoms with Crippen LogP contribution in [0.25, 0.3) is 0 Å². The van der Waals surface area contributed by atoms with Crippen LogP contribution in [0.15, 0.2) is 22.4 Å². The van der Waals surface area contributed by atoms with E-state index in [4.69, 9.17) is 0 Å². The van der Waals surface area contributed by atoms with Crippen LogP contribution in [-0.4, -0.2) is 29.0 Å². The van der Waals surface area contributed by atoms with Gasteiger partial charge in [-0.05, 0) is 44.4 Å². The lowest BCUT2D eigenvalue weighted by atomic mass is 10.0. The molecule has 10 nitrogen and oxygen atoms in total. The van der Waals surface area contributed by atoms with E-state index in [9.17, 15) is 13.2 Å². The number of fused-ring (bicyclic) bond motifs is 1. The largest absolute Gasteiger partial charge is 0.550 e. The fourth-order valence-electron chi connectivity index (χ4n) is 3.63. The zero-order valence-corrected chi connectivity index (χ0v) is 19.2. The number of imidazole rings is 1. The Morgan fingerprint density at radius 1 is 1.21 bits per heavy atom. The molecule has 0 radical (unpaired) electrons. The van der Waals surface area contributed by atoms with Crippen molar-refractivity contribution in [3.05, 3.63) is 31.8 Å². The summed E-state index contributed by atoms with van der Waals surface area (Å²) in [5.41, 5.74) is 2.93. The van der Waals surface area contributed by atoms with Crippen molar-refractivity contribution in [2.45, 2.75) is 39.6 Å². The van der Waals surface area contributed by atoms with E-state index in [-0.39, 0.29) is 0 Å². The molecule has 0 saturated carbocycles. The smallest absolute Gasteiger partial charge is 0.424 e. The third-order valence-corrected chi connectivity index (χ3v) is 5.51. The molecule has 0 unspecified atom stereocenters. The number of benzene rings is 1. The number of halogens is 3. The maximum Gasteiger partial charge on any atom is 0.550 e. The third-order valence-electron chi connectivity index (χ3n) is 5.07. The number of aromatic nitrogens is 2. The monoisotopic (exact) mass is 488 g/mol. The average molecular weight is 489 g/mol. The summed E-state index contributed by atoms with van der Waals surface area (Å²) in [6.07, 6.45) is -3.05. The van der Waals surface area contributed by atoms with Gasteiger partial charge in [0.2, 0.25) is 0 Å². The van der Waals surface area contributed by atoms with Gasteiger partial charge in [0.1, 0.15) is 17.9 Å². The SMILES string of the molecule is [CH2-][NH2+]c1nc(N=Nc2cc3c(cc2NSOOC(F)(F)F)N(CC)CCC3)n(CC)c1[NH2+][CH2-]. The lowest BCUT2D eigenvalue weighted by Crippen LogP contribution is -2.77. The van der Waals surface area contributed by atoms with Gasteiger partial charge < -0.3 is 20.3 Å². The van der Waals surface area contributed by atoms with Gasteiger partial charge >= 0.3 is 6.36 Å². The standard InChI is InChI=1S/C19H27F3N8O2S/c1-5-29-9-7-8-12-10-13(14(11-15(12)29)28-33-32-31-19(20,21)22)26-27-18-25-16(23-3)17(24-4)30(18)6-2/h10-11,28H,3-9,23-24H2,1-2H3. The van der Waals surface area contributed by atoms with E-state index in [0.29, 0.717) is 41.9 Å². The molecule has 2 aromatic rings. The second-order valence-electron chi connectivity index (χ2n) is 7.00. The minimum atomic E-state index is -4.91. The highest BCUT2D eigenvalue weighted by molar-refractivity contribution is 7.95.